The molecular weight excluding hydrogens is 480 g/mol. The number of hydrogen-bond acceptors (Lipinski definition) is 5. The first-order chi connectivity index (χ1) is 16.4. The van der Waals surface area contributed by atoms with Crippen LogP contribution < -0.4 is 0 Å². The molecule has 2 aromatic carbocycles. The Hall–Kier alpha value is -1.96. The molecule has 0 spiro atoms. The minimum Gasteiger partial charge on any atom is -0.392 e. The number of benzene rings is 2. The molecular formula is C26H26Cl2FNO4. The molecule has 0 bridgehead atoms. The van der Waals surface area contributed by atoms with E-state index in [4.69, 9.17) is 32.5 Å². The number of aliphatic hydroxyl groups excluding tert-OH is 1. The number of halogens is 3. The van der Waals surface area contributed by atoms with E-state index in [1.807, 2.05) is 0 Å². The molecule has 5 rings (SSSR count). The topological polar surface area (TPSA) is 75.7 Å². The van der Waals surface area contributed by atoms with Gasteiger partial charge in [-0.1, -0.05) is 46.6 Å². The Labute approximate surface area is 207 Å². The van der Waals surface area contributed by atoms with Gasteiger partial charge >= 0.3 is 0 Å². The Bertz CT molecular complexity index is 1170. The Balaban J connectivity index is 1.30. The Morgan fingerprint density at radius 3 is 2.41 bits per heavy atom. The molecule has 8 heteroatoms. The summed E-state index contributed by atoms with van der Waals surface area (Å²) < 4.78 is 26.5. The van der Waals surface area contributed by atoms with Crippen LogP contribution in [0.5, 0.6) is 0 Å². The SMILES string of the molecule is OCc1ccc([C@]2(O)CC[C@@H](OCc3c(-c4c(Cl)cccc4Cl)noc3C3CC3)CC2)c(F)c1. The van der Waals surface area contributed by atoms with E-state index in [0.717, 1.165) is 24.2 Å². The fourth-order valence-electron chi connectivity index (χ4n) is 4.79. The van der Waals surface area contributed by atoms with E-state index in [-0.39, 0.29) is 18.3 Å². The van der Waals surface area contributed by atoms with Crippen molar-refractivity contribution in [3.05, 3.63) is 74.7 Å². The highest BCUT2D eigenvalue weighted by Crippen LogP contribution is 2.46. The molecule has 0 saturated heterocycles. The highest BCUT2D eigenvalue weighted by molar-refractivity contribution is 6.39. The highest BCUT2D eigenvalue weighted by Gasteiger charge is 2.38. The van der Waals surface area contributed by atoms with E-state index >= 15 is 0 Å². The highest BCUT2D eigenvalue weighted by atomic mass is 35.5. The van der Waals surface area contributed by atoms with Crippen LogP contribution in [0.15, 0.2) is 40.9 Å². The molecule has 180 valence electrons. The van der Waals surface area contributed by atoms with Crippen LogP contribution in [0.2, 0.25) is 10.0 Å². The molecule has 2 N–H and O–H groups in total. The van der Waals surface area contributed by atoms with Crippen LogP contribution in [-0.2, 0) is 23.6 Å². The lowest BCUT2D eigenvalue weighted by molar-refractivity contribution is -0.0656. The van der Waals surface area contributed by atoms with Gasteiger partial charge in [-0.15, -0.1) is 0 Å². The van der Waals surface area contributed by atoms with Crippen molar-refractivity contribution < 1.29 is 23.9 Å². The van der Waals surface area contributed by atoms with Crippen molar-refractivity contribution in [2.24, 2.45) is 0 Å². The molecule has 2 saturated carbocycles. The zero-order valence-electron chi connectivity index (χ0n) is 18.6. The minimum atomic E-state index is -1.25. The second-order valence-corrected chi connectivity index (χ2v) is 10.1. The van der Waals surface area contributed by atoms with Gasteiger partial charge in [0.2, 0.25) is 0 Å². The Morgan fingerprint density at radius 2 is 1.79 bits per heavy atom. The molecule has 0 atom stereocenters. The average molecular weight is 506 g/mol. The monoisotopic (exact) mass is 505 g/mol. The van der Waals surface area contributed by atoms with Crippen LogP contribution in [-0.4, -0.2) is 21.5 Å². The van der Waals surface area contributed by atoms with Crippen LogP contribution in [0, 0.1) is 5.82 Å². The van der Waals surface area contributed by atoms with Crippen LogP contribution in [0.3, 0.4) is 0 Å². The van der Waals surface area contributed by atoms with E-state index in [1.165, 1.54) is 6.07 Å². The summed E-state index contributed by atoms with van der Waals surface area (Å²) in [5.74, 6) is 0.667. The first kappa shape index (κ1) is 23.8. The lowest BCUT2D eigenvalue weighted by Gasteiger charge is -2.36. The van der Waals surface area contributed by atoms with Gasteiger partial charge in [0.25, 0.3) is 0 Å². The van der Waals surface area contributed by atoms with Gasteiger partial charge in [-0.2, -0.15) is 0 Å². The van der Waals surface area contributed by atoms with Gasteiger partial charge in [0, 0.05) is 22.6 Å². The predicted molar refractivity (Wildman–Crippen MR) is 127 cm³/mol. The van der Waals surface area contributed by atoms with Crippen LogP contribution in [0.4, 0.5) is 4.39 Å². The van der Waals surface area contributed by atoms with Gasteiger partial charge in [0.15, 0.2) is 0 Å². The Morgan fingerprint density at radius 1 is 1.09 bits per heavy atom. The molecule has 0 radical (unpaired) electrons. The number of hydrogen-bond donors (Lipinski definition) is 2. The smallest absolute Gasteiger partial charge is 0.145 e. The van der Waals surface area contributed by atoms with Gasteiger partial charge in [-0.3, -0.25) is 0 Å². The van der Waals surface area contributed by atoms with Crippen molar-refractivity contribution in [1.29, 1.82) is 0 Å². The quantitative estimate of drug-likeness (QED) is 0.383. The van der Waals surface area contributed by atoms with E-state index in [2.05, 4.69) is 5.16 Å². The molecule has 2 fully saturated rings. The molecule has 0 aliphatic heterocycles. The van der Waals surface area contributed by atoms with Crippen molar-refractivity contribution in [1.82, 2.24) is 5.16 Å². The number of ether oxygens (including phenoxy) is 1. The summed E-state index contributed by atoms with van der Waals surface area (Å²) in [6.45, 7) is 0.0630. The van der Waals surface area contributed by atoms with Crippen LogP contribution >= 0.6 is 23.2 Å². The molecule has 1 heterocycles. The van der Waals surface area contributed by atoms with Gasteiger partial charge in [0.1, 0.15) is 17.3 Å². The van der Waals surface area contributed by atoms with Gasteiger partial charge in [-0.25, -0.2) is 4.39 Å². The van der Waals surface area contributed by atoms with Gasteiger partial charge in [-0.05, 0) is 62.3 Å². The second kappa shape index (κ2) is 9.59. The maximum absolute atomic E-state index is 14.6. The lowest BCUT2D eigenvalue weighted by atomic mass is 9.78. The summed E-state index contributed by atoms with van der Waals surface area (Å²) in [7, 11) is 0. The van der Waals surface area contributed by atoms with Crippen molar-refractivity contribution in [2.45, 2.75) is 69.4 Å². The fraction of sp³-hybridized carbons (Fsp3) is 0.423. The maximum Gasteiger partial charge on any atom is 0.145 e. The van der Waals surface area contributed by atoms with Crippen molar-refractivity contribution >= 4 is 23.2 Å². The Kier molecular flexibility index (Phi) is 6.70. The third-order valence-electron chi connectivity index (χ3n) is 6.91. The number of nitrogens with zero attached hydrogens (tertiary/aromatic N) is 1. The van der Waals surface area contributed by atoms with E-state index in [0.29, 0.717) is 65.1 Å². The zero-order valence-corrected chi connectivity index (χ0v) is 20.1. The van der Waals surface area contributed by atoms with Crippen LogP contribution in [0.1, 0.15) is 66.9 Å². The molecule has 34 heavy (non-hydrogen) atoms. The number of aromatic nitrogens is 1. The normalized spacial score (nSPS) is 22.8. The van der Waals surface area contributed by atoms with Crippen LogP contribution in [0.25, 0.3) is 11.3 Å². The average Bonchev–Trinajstić information content (AvgIpc) is 3.59. The molecule has 2 aliphatic rings. The van der Waals surface area contributed by atoms with Gasteiger partial charge in [0.05, 0.1) is 35.0 Å². The van der Waals surface area contributed by atoms with E-state index in [9.17, 15) is 14.6 Å². The van der Waals surface area contributed by atoms with E-state index in [1.54, 1.807) is 30.3 Å². The zero-order chi connectivity index (χ0) is 23.9. The molecule has 3 aromatic rings. The second-order valence-electron chi connectivity index (χ2n) is 9.26. The summed E-state index contributed by atoms with van der Waals surface area (Å²) in [4.78, 5) is 0. The number of aliphatic hydroxyl groups is 2. The first-order valence-corrected chi connectivity index (χ1v) is 12.3. The van der Waals surface area contributed by atoms with E-state index < -0.39 is 11.4 Å². The molecule has 0 unspecified atom stereocenters. The standard InChI is InChI=1S/C26H26Cl2FNO4/c27-20-2-1-3-21(28)23(20)24-18(25(34-30-24)16-5-6-16)14-33-17-8-10-26(32,11-9-17)19-7-4-15(13-31)12-22(19)29/h1-4,7,12,16-17,31-32H,5-6,8-11,13-14H2/t17-,26+. The van der Waals surface area contributed by atoms with Crippen molar-refractivity contribution in [3.63, 3.8) is 0 Å². The summed E-state index contributed by atoms with van der Waals surface area (Å²) >= 11 is 12.9. The summed E-state index contributed by atoms with van der Waals surface area (Å²) in [6, 6.07) is 9.82. The predicted octanol–water partition coefficient (Wildman–Crippen LogP) is 6.50. The molecule has 0 amide bonds. The fourth-order valence-corrected chi connectivity index (χ4v) is 5.37. The summed E-state index contributed by atoms with van der Waals surface area (Å²) in [6.07, 6.45) is 3.96. The first-order valence-electron chi connectivity index (χ1n) is 11.6. The minimum absolute atomic E-state index is 0.0865. The molecule has 5 nitrogen and oxygen atoms in total. The third kappa shape index (κ3) is 4.62. The molecule has 2 aliphatic carbocycles. The maximum atomic E-state index is 14.6. The summed E-state index contributed by atoms with van der Waals surface area (Å²) in [5, 5.41) is 25.6. The third-order valence-corrected chi connectivity index (χ3v) is 7.54. The molecule has 1 aromatic heterocycles. The largest absolute Gasteiger partial charge is 0.392 e. The summed E-state index contributed by atoms with van der Waals surface area (Å²) in [5.41, 5.74) is 1.62. The van der Waals surface area contributed by atoms with Crippen molar-refractivity contribution in [2.75, 3.05) is 0 Å². The lowest BCUT2D eigenvalue weighted by Crippen LogP contribution is -2.35. The van der Waals surface area contributed by atoms with Gasteiger partial charge < -0.3 is 19.5 Å². The number of rotatable bonds is 7. The van der Waals surface area contributed by atoms with Crippen molar-refractivity contribution in [3.8, 4) is 11.3 Å².